The molecule has 0 spiro atoms. The lowest BCUT2D eigenvalue weighted by Gasteiger charge is -2.34. The molecule has 110 valence electrons. The van der Waals surface area contributed by atoms with Crippen LogP contribution in [0.15, 0.2) is 30.5 Å². The van der Waals surface area contributed by atoms with E-state index in [4.69, 9.17) is 0 Å². The second-order valence-electron chi connectivity index (χ2n) is 4.99. The summed E-state index contributed by atoms with van der Waals surface area (Å²) in [5.74, 6) is -0.272. The van der Waals surface area contributed by atoms with E-state index >= 15 is 0 Å². The Morgan fingerprint density at radius 3 is 2.76 bits per heavy atom. The molecule has 3 rings (SSSR count). The van der Waals surface area contributed by atoms with Crippen LogP contribution in [0.1, 0.15) is 16.1 Å². The van der Waals surface area contributed by atoms with E-state index in [0.717, 1.165) is 30.4 Å². The Balaban J connectivity index is 1.54. The van der Waals surface area contributed by atoms with Crippen LogP contribution in [0.2, 0.25) is 0 Å². The summed E-state index contributed by atoms with van der Waals surface area (Å²) in [6.07, 6.45) is 1.51. The van der Waals surface area contributed by atoms with E-state index in [0.29, 0.717) is 25.3 Å². The number of nitrogens with zero attached hydrogens (tertiary/aromatic N) is 4. The van der Waals surface area contributed by atoms with Gasteiger partial charge in [-0.25, -0.2) is 4.39 Å². The first-order valence-electron chi connectivity index (χ1n) is 6.76. The van der Waals surface area contributed by atoms with Crippen LogP contribution in [0.3, 0.4) is 0 Å². The van der Waals surface area contributed by atoms with Crippen molar-refractivity contribution in [2.24, 2.45) is 0 Å². The Morgan fingerprint density at radius 1 is 1.29 bits per heavy atom. The van der Waals surface area contributed by atoms with Gasteiger partial charge in [-0.2, -0.15) is 8.75 Å². The SMILES string of the molecule is O=C(c1cnsn1)N1CCN(Cc2cccc(F)c2)CC1. The zero-order valence-corrected chi connectivity index (χ0v) is 12.2. The Kier molecular flexibility index (Phi) is 4.21. The quantitative estimate of drug-likeness (QED) is 0.865. The monoisotopic (exact) mass is 306 g/mol. The fraction of sp³-hybridized carbons (Fsp3) is 0.357. The molecular weight excluding hydrogens is 291 g/mol. The predicted octanol–water partition coefficient (Wildman–Crippen LogP) is 1.64. The zero-order valence-electron chi connectivity index (χ0n) is 11.4. The molecule has 1 aliphatic heterocycles. The summed E-state index contributed by atoms with van der Waals surface area (Å²) < 4.78 is 21.0. The Labute approximate surface area is 126 Å². The highest BCUT2D eigenvalue weighted by molar-refractivity contribution is 6.99. The first-order chi connectivity index (χ1) is 10.2. The van der Waals surface area contributed by atoms with Crippen molar-refractivity contribution in [2.45, 2.75) is 6.54 Å². The Bertz CT molecular complexity index is 611. The second kappa shape index (κ2) is 6.28. The van der Waals surface area contributed by atoms with E-state index in [9.17, 15) is 9.18 Å². The summed E-state index contributed by atoms with van der Waals surface area (Å²) in [5, 5.41) is 0. The van der Waals surface area contributed by atoms with Gasteiger partial charge in [-0.15, -0.1) is 0 Å². The van der Waals surface area contributed by atoms with E-state index in [1.165, 1.54) is 12.3 Å². The molecule has 0 N–H and O–H groups in total. The highest BCUT2D eigenvalue weighted by Gasteiger charge is 2.23. The molecule has 2 heterocycles. The summed E-state index contributed by atoms with van der Waals surface area (Å²) in [6, 6.07) is 6.64. The molecule has 0 bridgehead atoms. The van der Waals surface area contributed by atoms with Crippen molar-refractivity contribution < 1.29 is 9.18 Å². The summed E-state index contributed by atoms with van der Waals surface area (Å²) in [7, 11) is 0. The summed E-state index contributed by atoms with van der Waals surface area (Å²) >= 11 is 1.04. The number of halogens is 1. The van der Waals surface area contributed by atoms with Gasteiger partial charge in [-0.1, -0.05) is 12.1 Å². The molecule has 7 heteroatoms. The fourth-order valence-electron chi connectivity index (χ4n) is 2.42. The average Bonchev–Trinajstić information content (AvgIpc) is 3.01. The largest absolute Gasteiger partial charge is 0.335 e. The number of carbonyl (C=O) groups excluding carboxylic acids is 1. The van der Waals surface area contributed by atoms with Crippen LogP contribution < -0.4 is 0 Å². The van der Waals surface area contributed by atoms with Crippen molar-refractivity contribution in [3.63, 3.8) is 0 Å². The third-order valence-corrected chi connectivity index (χ3v) is 4.01. The Morgan fingerprint density at radius 2 is 2.10 bits per heavy atom. The normalized spacial score (nSPS) is 16.1. The molecule has 1 aromatic heterocycles. The van der Waals surface area contributed by atoms with Gasteiger partial charge in [0, 0.05) is 32.7 Å². The molecule has 1 fully saturated rings. The van der Waals surface area contributed by atoms with Crippen LogP contribution in [0, 0.1) is 5.82 Å². The topological polar surface area (TPSA) is 49.3 Å². The van der Waals surface area contributed by atoms with Gasteiger partial charge < -0.3 is 4.90 Å². The van der Waals surface area contributed by atoms with Crippen LogP contribution >= 0.6 is 11.7 Å². The van der Waals surface area contributed by atoms with E-state index < -0.39 is 0 Å². The number of benzene rings is 1. The molecule has 5 nitrogen and oxygen atoms in total. The van der Waals surface area contributed by atoms with Crippen LogP contribution in [0.5, 0.6) is 0 Å². The maximum absolute atomic E-state index is 13.2. The van der Waals surface area contributed by atoms with Gasteiger partial charge in [0.05, 0.1) is 17.9 Å². The number of amides is 1. The van der Waals surface area contributed by atoms with Gasteiger partial charge in [-0.05, 0) is 17.7 Å². The van der Waals surface area contributed by atoms with Crippen molar-refractivity contribution in [1.82, 2.24) is 18.5 Å². The molecule has 2 aromatic rings. The zero-order chi connectivity index (χ0) is 14.7. The smallest absolute Gasteiger partial charge is 0.275 e. The second-order valence-corrected chi connectivity index (χ2v) is 5.55. The van der Waals surface area contributed by atoms with Gasteiger partial charge in [0.1, 0.15) is 5.82 Å². The Hall–Kier alpha value is -1.86. The van der Waals surface area contributed by atoms with Gasteiger partial charge in [0.15, 0.2) is 5.69 Å². The molecule has 0 unspecified atom stereocenters. The highest BCUT2D eigenvalue weighted by Crippen LogP contribution is 2.12. The number of carbonyl (C=O) groups is 1. The minimum absolute atomic E-state index is 0.0610. The molecular formula is C14H15FN4OS. The third kappa shape index (κ3) is 3.43. The molecule has 0 saturated carbocycles. The van der Waals surface area contributed by atoms with Crippen LogP contribution in [-0.2, 0) is 6.54 Å². The number of hydrogen-bond donors (Lipinski definition) is 0. The summed E-state index contributed by atoms with van der Waals surface area (Å²) in [4.78, 5) is 16.1. The molecule has 21 heavy (non-hydrogen) atoms. The standard InChI is InChI=1S/C14H15FN4OS/c15-12-3-1-2-11(8-12)10-18-4-6-19(7-5-18)14(20)13-9-16-21-17-13/h1-3,8-9H,4-7,10H2. The van der Waals surface area contributed by atoms with Gasteiger partial charge >= 0.3 is 0 Å². The van der Waals surface area contributed by atoms with Gasteiger partial charge in [-0.3, -0.25) is 9.69 Å². The van der Waals surface area contributed by atoms with Gasteiger partial charge in [0.25, 0.3) is 5.91 Å². The van der Waals surface area contributed by atoms with Crippen LogP contribution in [0.25, 0.3) is 0 Å². The first kappa shape index (κ1) is 14.1. The number of rotatable bonds is 3. The number of aromatic nitrogens is 2. The molecule has 0 atom stereocenters. The minimum atomic E-state index is -0.211. The van der Waals surface area contributed by atoms with Crippen molar-refractivity contribution in [2.75, 3.05) is 26.2 Å². The molecule has 1 aliphatic rings. The lowest BCUT2D eigenvalue weighted by Crippen LogP contribution is -2.48. The molecule has 0 aliphatic carbocycles. The number of piperazine rings is 1. The number of hydrogen-bond acceptors (Lipinski definition) is 5. The van der Waals surface area contributed by atoms with E-state index in [-0.39, 0.29) is 11.7 Å². The fourth-order valence-corrected chi connectivity index (χ4v) is 2.83. The predicted molar refractivity (Wildman–Crippen MR) is 77.5 cm³/mol. The van der Waals surface area contributed by atoms with Crippen molar-refractivity contribution >= 4 is 17.6 Å². The van der Waals surface area contributed by atoms with Crippen molar-refractivity contribution in [3.05, 3.63) is 47.5 Å². The van der Waals surface area contributed by atoms with E-state index in [1.54, 1.807) is 17.0 Å². The lowest BCUT2D eigenvalue weighted by molar-refractivity contribution is 0.0623. The van der Waals surface area contributed by atoms with Crippen molar-refractivity contribution in [1.29, 1.82) is 0 Å². The highest BCUT2D eigenvalue weighted by atomic mass is 32.1. The van der Waals surface area contributed by atoms with Crippen LogP contribution in [-0.4, -0.2) is 50.6 Å². The molecule has 1 amide bonds. The molecule has 1 saturated heterocycles. The molecule has 1 aromatic carbocycles. The third-order valence-electron chi connectivity index (χ3n) is 3.54. The maximum Gasteiger partial charge on any atom is 0.275 e. The van der Waals surface area contributed by atoms with Crippen molar-refractivity contribution in [3.8, 4) is 0 Å². The summed E-state index contributed by atoms with van der Waals surface area (Å²) in [6.45, 7) is 3.58. The first-order valence-corrected chi connectivity index (χ1v) is 7.49. The molecule has 0 radical (unpaired) electrons. The minimum Gasteiger partial charge on any atom is -0.335 e. The maximum atomic E-state index is 13.2. The average molecular weight is 306 g/mol. The van der Waals surface area contributed by atoms with E-state index in [2.05, 4.69) is 13.6 Å². The van der Waals surface area contributed by atoms with Crippen LogP contribution in [0.4, 0.5) is 4.39 Å². The van der Waals surface area contributed by atoms with E-state index in [1.807, 2.05) is 6.07 Å². The summed E-state index contributed by atoms with van der Waals surface area (Å²) in [5.41, 5.74) is 1.37. The van der Waals surface area contributed by atoms with Gasteiger partial charge in [0.2, 0.25) is 0 Å². The lowest BCUT2D eigenvalue weighted by atomic mass is 10.2.